The zero-order chi connectivity index (χ0) is 26.3. The summed E-state index contributed by atoms with van der Waals surface area (Å²) in [6.07, 6.45) is -0.472. The molecular weight excluding hydrogens is 476 g/mol. The van der Waals surface area contributed by atoms with Gasteiger partial charge < -0.3 is 9.64 Å². The van der Waals surface area contributed by atoms with E-state index in [2.05, 4.69) is 0 Å². The molecule has 3 aromatic carbocycles. The molecule has 0 N–H and O–H groups in total. The number of fused-ring (bicyclic) bond motifs is 1. The first-order valence-corrected chi connectivity index (χ1v) is 12.7. The average molecular weight is 511 g/mol. The minimum atomic E-state index is -0.472. The second-order valence-corrected chi connectivity index (χ2v) is 9.75. The van der Waals surface area contributed by atoms with Crippen molar-refractivity contribution < 1.29 is 19.2 Å². The number of rotatable bonds is 7. The van der Waals surface area contributed by atoms with Crippen LogP contribution < -0.4 is 4.74 Å². The van der Waals surface area contributed by atoms with E-state index in [1.165, 1.54) is 5.06 Å². The van der Waals surface area contributed by atoms with E-state index in [1.807, 2.05) is 101 Å². The van der Waals surface area contributed by atoms with Gasteiger partial charge in [0.2, 0.25) is 0 Å². The van der Waals surface area contributed by atoms with E-state index in [4.69, 9.17) is 21.2 Å². The lowest BCUT2D eigenvalue weighted by Crippen LogP contribution is -2.40. The van der Waals surface area contributed by atoms with Crippen LogP contribution in [0.4, 0.5) is 0 Å². The number of hydroxylamine groups is 2. The molecule has 36 heavy (non-hydrogen) atoms. The second kappa shape index (κ2) is 12.2. The van der Waals surface area contributed by atoms with Gasteiger partial charge >= 0.3 is 0 Å². The number of carbonyl (C=O) groups is 2. The summed E-state index contributed by atoms with van der Waals surface area (Å²) >= 11 is 6.03. The first kappa shape index (κ1) is 27.5. The number of carbonyl (C=O) groups excluding carboxylic acids is 2. The van der Waals surface area contributed by atoms with Gasteiger partial charge in [-0.25, -0.2) is 5.06 Å². The Kier molecular flexibility index (Phi) is 9.35. The van der Waals surface area contributed by atoms with Crippen molar-refractivity contribution in [1.82, 2.24) is 9.96 Å². The molecule has 0 spiro atoms. The summed E-state index contributed by atoms with van der Waals surface area (Å²) in [4.78, 5) is 31.3. The number of benzene rings is 3. The van der Waals surface area contributed by atoms with E-state index in [1.54, 1.807) is 4.90 Å². The van der Waals surface area contributed by atoms with Crippen molar-refractivity contribution in [3.05, 3.63) is 77.3 Å². The number of hydrogen-bond donors (Lipinski definition) is 0. The molecule has 0 aliphatic carbocycles. The van der Waals surface area contributed by atoms with E-state index >= 15 is 0 Å². The highest BCUT2D eigenvalue weighted by molar-refractivity contribution is 6.31. The molecule has 1 heterocycles. The Morgan fingerprint density at radius 1 is 1.06 bits per heavy atom. The van der Waals surface area contributed by atoms with E-state index < -0.39 is 11.5 Å². The average Bonchev–Trinajstić information content (AvgIpc) is 3.13. The summed E-state index contributed by atoms with van der Waals surface area (Å²) < 4.78 is 5.88. The lowest BCUT2D eigenvalue weighted by molar-refractivity contribution is -0.165. The van der Waals surface area contributed by atoms with E-state index in [0.717, 1.165) is 22.1 Å². The third-order valence-electron chi connectivity index (χ3n) is 6.13. The van der Waals surface area contributed by atoms with Crippen molar-refractivity contribution in [2.75, 3.05) is 19.7 Å². The lowest BCUT2D eigenvalue weighted by Gasteiger charge is -2.23. The first-order chi connectivity index (χ1) is 17.2. The number of amides is 2. The zero-order valence-electron chi connectivity index (χ0n) is 21.7. The fourth-order valence-corrected chi connectivity index (χ4v) is 4.12. The first-order valence-electron chi connectivity index (χ1n) is 12.3. The van der Waals surface area contributed by atoms with E-state index in [-0.39, 0.29) is 11.8 Å². The Morgan fingerprint density at radius 2 is 1.69 bits per heavy atom. The highest BCUT2D eigenvalue weighted by Gasteiger charge is 2.40. The number of hydrogen-bond acceptors (Lipinski definition) is 4. The minimum absolute atomic E-state index is 0.00687. The molecule has 0 saturated carbocycles. The van der Waals surface area contributed by atoms with E-state index in [0.29, 0.717) is 31.3 Å². The number of likely N-dealkylation sites (N-methyl/N-ethyl adjacent to an activating group) is 1. The molecule has 4 rings (SSSR count). The molecule has 0 unspecified atom stereocenters. The van der Waals surface area contributed by atoms with Crippen molar-refractivity contribution in [2.45, 2.75) is 47.3 Å². The van der Waals surface area contributed by atoms with Crippen LogP contribution in [0.5, 0.6) is 5.75 Å². The van der Waals surface area contributed by atoms with Crippen LogP contribution in [0.1, 0.15) is 40.2 Å². The van der Waals surface area contributed by atoms with Crippen molar-refractivity contribution in [3.63, 3.8) is 0 Å². The van der Waals surface area contributed by atoms with Crippen LogP contribution in [0.3, 0.4) is 0 Å². The third kappa shape index (κ3) is 6.56. The third-order valence-corrected chi connectivity index (χ3v) is 6.50. The summed E-state index contributed by atoms with van der Waals surface area (Å²) in [5.41, 5.74) is 0.469. The normalized spacial score (nSPS) is 15.3. The van der Waals surface area contributed by atoms with Gasteiger partial charge in [-0.05, 0) is 57.7 Å². The topological polar surface area (TPSA) is 59.1 Å². The SMILES string of the molecule is CC1(C)CON(Cc2ccccc2Cl)C1=O.CCN(CC)C(=O)[C@@H](C)Oc1cccc2ccccc12. The van der Waals surface area contributed by atoms with Gasteiger partial charge in [0.25, 0.3) is 11.8 Å². The Hall–Kier alpha value is -3.09. The minimum Gasteiger partial charge on any atom is -0.480 e. The van der Waals surface area contributed by atoms with Gasteiger partial charge in [0.15, 0.2) is 6.10 Å². The van der Waals surface area contributed by atoms with Gasteiger partial charge in [-0.2, -0.15) is 0 Å². The molecule has 3 aromatic rings. The molecule has 1 fully saturated rings. The van der Waals surface area contributed by atoms with Crippen molar-refractivity contribution in [2.24, 2.45) is 5.41 Å². The summed E-state index contributed by atoms with van der Waals surface area (Å²) in [6.45, 7) is 11.8. The Labute approximate surface area is 218 Å². The van der Waals surface area contributed by atoms with Gasteiger partial charge in [0.05, 0.1) is 18.6 Å². The van der Waals surface area contributed by atoms with Crippen LogP contribution in [0, 0.1) is 5.41 Å². The zero-order valence-corrected chi connectivity index (χ0v) is 22.4. The molecule has 1 aliphatic rings. The van der Waals surface area contributed by atoms with Gasteiger partial charge in [-0.1, -0.05) is 66.2 Å². The lowest BCUT2D eigenvalue weighted by atomic mass is 9.95. The maximum absolute atomic E-state index is 12.2. The van der Waals surface area contributed by atoms with Gasteiger partial charge in [-0.15, -0.1) is 0 Å². The monoisotopic (exact) mass is 510 g/mol. The molecule has 0 radical (unpaired) electrons. The highest BCUT2D eigenvalue weighted by Crippen LogP contribution is 2.29. The maximum atomic E-state index is 12.2. The predicted octanol–water partition coefficient (Wildman–Crippen LogP) is 6.12. The van der Waals surface area contributed by atoms with Gasteiger partial charge in [0, 0.05) is 23.5 Å². The van der Waals surface area contributed by atoms with Crippen LogP contribution in [0.25, 0.3) is 10.8 Å². The Morgan fingerprint density at radius 3 is 2.33 bits per heavy atom. The maximum Gasteiger partial charge on any atom is 0.263 e. The number of ether oxygens (including phenoxy) is 1. The predicted molar refractivity (Wildman–Crippen MR) is 144 cm³/mol. The molecule has 2 amide bonds. The fraction of sp³-hybridized carbons (Fsp3) is 0.379. The van der Waals surface area contributed by atoms with Crippen LogP contribution in [-0.2, 0) is 21.0 Å². The highest BCUT2D eigenvalue weighted by atomic mass is 35.5. The smallest absolute Gasteiger partial charge is 0.263 e. The molecule has 192 valence electrons. The second-order valence-electron chi connectivity index (χ2n) is 9.34. The van der Waals surface area contributed by atoms with Crippen LogP contribution >= 0.6 is 11.6 Å². The summed E-state index contributed by atoms with van der Waals surface area (Å²) in [6, 6.07) is 21.4. The van der Waals surface area contributed by atoms with Crippen molar-refractivity contribution in [1.29, 1.82) is 0 Å². The Bertz CT molecular complexity index is 1190. The quantitative estimate of drug-likeness (QED) is 0.384. The fourth-order valence-electron chi connectivity index (χ4n) is 3.93. The van der Waals surface area contributed by atoms with Crippen molar-refractivity contribution >= 4 is 34.2 Å². The molecule has 1 aliphatic heterocycles. The summed E-state index contributed by atoms with van der Waals surface area (Å²) in [5, 5.41) is 4.20. The summed E-state index contributed by atoms with van der Waals surface area (Å²) in [5.74, 6) is 0.798. The number of nitrogens with zero attached hydrogens (tertiary/aromatic N) is 2. The Balaban J connectivity index is 0.000000205. The van der Waals surface area contributed by atoms with Crippen LogP contribution in [0.15, 0.2) is 66.7 Å². The molecule has 1 saturated heterocycles. The van der Waals surface area contributed by atoms with Gasteiger partial charge in [-0.3, -0.25) is 14.4 Å². The molecule has 0 bridgehead atoms. The molecular formula is C29H35ClN2O4. The van der Waals surface area contributed by atoms with Crippen molar-refractivity contribution in [3.8, 4) is 5.75 Å². The van der Waals surface area contributed by atoms with Gasteiger partial charge in [0.1, 0.15) is 5.75 Å². The summed E-state index contributed by atoms with van der Waals surface area (Å²) in [7, 11) is 0. The largest absolute Gasteiger partial charge is 0.480 e. The molecule has 7 heteroatoms. The van der Waals surface area contributed by atoms with Crippen LogP contribution in [0.2, 0.25) is 5.02 Å². The number of halogens is 1. The molecule has 0 aromatic heterocycles. The van der Waals surface area contributed by atoms with Crippen LogP contribution in [-0.4, -0.2) is 47.6 Å². The standard InChI is InChI=1S/C17H21NO2.C12H14ClNO2/c1-4-18(5-2)17(19)13(3)20-16-12-8-10-14-9-6-7-11-15(14)16;1-12(2)8-16-14(11(12)15)7-9-5-3-4-6-10(9)13/h6-13H,4-5H2,1-3H3;3-6H,7-8H2,1-2H3/t13-;/m1./s1. The molecule has 6 nitrogen and oxygen atoms in total. The van der Waals surface area contributed by atoms with E-state index in [9.17, 15) is 9.59 Å². The molecule has 1 atom stereocenters.